The molecule has 0 aliphatic heterocycles. The average Bonchev–Trinajstić information content (AvgIpc) is 3.20. The lowest BCUT2D eigenvalue weighted by atomic mass is 10.1. The molecule has 1 N–H and O–H groups in total. The third kappa shape index (κ3) is 3.02. The number of hydrogen-bond donors (Lipinski definition) is 1. The van der Waals surface area contributed by atoms with Crippen LogP contribution in [0.5, 0.6) is 0 Å². The third-order valence-electron chi connectivity index (χ3n) is 3.25. The number of nitrogens with zero attached hydrogens (tertiary/aromatic N) is 1. The van der Waals surface area contributed by atoms with E-state index in [9.17, 15) is 4.79 Å². The Morgan fingerprint density at radius 1 is 1.32 bits per heavy atom. The monoisotopic (exact) mass is 256 g/mol. The normalized spacial score (nSPS) is 14.3. The molecule has 4 heteroatoms. The van der Waals surface area contributed by atoms with Crippen LogP contribution in [0.3, 0.4) is 0 Å². The molecule has 1 fully saturated rings. The molecule has 4 nitrogen and oxygen atoms in total. The summed E-state index contributed by atoms with van der Waals surface area (Å²) in [5.74, 6) is 1.20. The number of nitrogens with one attached hydrogen (secondary N) is 1. The maximum absolute atomic E-state index is 11.5. The van der Waals surface area contributed by atoms with Gasteiger partial charge in [0.2, 0.25) is 5.91 Å². The summed E-state index contributed by atoms with van der Waals surface area (Å²) in [4.78, 5) is 11.5. The van der Waals surface area contributed by atoms with E-state index in [2.05, 4.69) is 10.5 Å². The van der Waals surface area contributed by atoms with Gasteiger partial charge in [-0.1, -0.05) is 35.5 Å². The molecule has 2 aromatic rings. The first-order valence-corrected chi connectivity index (χ1v) is 6.61. The van der Waals surface area contributed by atoms with Crippen LogP contribution in [0.15, 0.2) is 40.9 Å². The molecular weight excluding hydrogens is 240 g/mol. The molecule has 0 unspecified atom stereocenters. The third-order valence-corrected chi connectivity index (χ3v) is 3.25. The van der Waals surface area contributed by atoms with Gasteiger partial charge in [0.1, 0.15) is 0 Å². The highest BCUT2D eigenvalue weighted by atomic mass is 16.5. The molecule has 0 bridgehead atoms. The number of carbonyl (C=O) groups excluding carboxylic acids is 1. The molecule has 1 aliphatic rings. The number of aromatic nitrogens is 1. The summed E-state index contributed by atoms with van der Waals surface area (Å²) < 4.78 is 5.31. The fourth-order valence-corrected chi connectivity index (χ4v) is 1.97. The molecule has 3 rings (SSSR count). The van der Waals surface area contributed by atoms with E-state index < -0.39 is 0 Å². The first-order valence-electron chi connectivity index (χ1n) is 6.61. The van der Waals surface area contributed by atoms with Crippen molar-refractivity contribution in [3.8, 4) is 11.3 Å². The second kappa shape index (κ2) is 5.26. The van der Waals surface area contributed by atoms with Crippen molar-refractivity contribution in [1.29, 1.82) is 0 Å². The van der Waals surface area contributed by atoms with E-state index in [0.29, 0.717) is 13.0 Å². The van der Waals surface area contributed by atoms with E-state index in [1.807, 2.05) is 36.4 Å². The summed E-state index contributed by atoms with van der Waals surface area (Å²) >= 11 is 0. The molecule has 1 aromatic heterocycles. The van der Waals surface area contributed by atoms with Crippen LogP contribution in [0.25, 0.3) is 11.3 Å². The van der Waals surface area contributed by atoms with Crippen molar-refractivity contribution < 1.29 is 9.32 Å². The van der Waals surface area contributed by atoms with E-state index in [1.54, 1.807) is 0 Å². The molecule has 1 heterocycles. The molecule has 1 aliphatic carbocycles. The predicted molar refractivity (Wildman–Crippen MR) is 71.4 cm³/mol. The van der Waals surface area contributed by atoms with Gasteiger partial charge in [0, 0.05) is 30.5 Å². The molecular formula is C15H16N2O2. The van der Waals surface area contributed by atoms with Gasteiger partial charge in [-0.05, 0) is 12.8 Å². The van der Waals surface area contributed by atoms with Gasteiger partial charge in [-0.25, -0.2) is 0 Å². The first-order chi connectivity index (χ1) is 9.33. The molecule has 0 radical (unpaired) electrons. The molecule has 1 saturated carbocycles. The van der Waals surface area contributed by atoms with Crippen LogP contribution in [0.2, 0.25) is 0 Å². The summed E-state index contributed by atoms with van der Waals surface area (Å²) in [5, 5.41) is 6.95. The van der Waals surface area contributed by atoms with Crippen molar-refractivity contribution in [3.63, 3.8) is 0 Å². The van der Waals surface area contributed by atoms with Crippen molar-refractivity contribution >= 4 is 5.91 Å². The van der Waals surface area contributed by atoms with Gasteiger partial charge < -0.3 is 9.84 Å². The van der Waals surface area contributed by atoms with Crippen LogP contribution in [0.4, 0.5) is 0 Å². The lowest BCUT2D eigenvalue weighted by molar-refractivity contribution is -0.122. The van der Waals surface area contributed by atoms with Crippen LogP contribution in [-0.2, 0) is 11.2 Å². The molecule has 98 valence electrons. The number of rotatable bonds is 5. The summed E-state index contributed by atoms with van der Waals surface area (Å²) in [7, 11) is 0. The largest absolute Gasteiger partial charge is 0.356 e. The summed E-state index contributed by atoms with van der Waals surface area (Å²) in [5.41, 5.74) is 1.89. The highest BCUT2D eigenvalue weighted by Crippen LogP contribution is 2.28. The topological polar surface area (TPSA) is 55.1 Å². The minimum absolute atomic E-state index is 0.173. The van der Waals surface area contributed by atoms with E-state index in [1.165, 1.54) is 0 Å². The Balaban J connectivity index is 1.54. The first kappa shape index (κ1) is 12.0. The van der Waals surface area contributed by atoms with Crippen LogP contribution >= 0.6 is 0 Å². The van der Waals surface area contributed by atoms with Gasteiger partial charge in [-0.3, -0.25) is 4.79 Å². The Bertz CT molecular complexity index is 559. The number of carbonyl (C=O) groups is 1. The van der Waals surface area contributed by atoms with Crippen molar-refractivity contribution in [2.75, 3.05) is 6.54 Å². The maximum atomic E-state index is 11.5. The maximum Gasteiger partial charge on any atom is 0.223 e. The van der Waals surface area contributed by atoms with Crippen molar-refractivity contribution in [1.82, 2.24) is 10.5 Å². The molecule has 19 heavy (non-hydrogen) atoms. The quantitative estimate of drug-likeness (QED) is 0.893. The van der Waals surface area contributed by atoms with Gasteiger partial charge >= 0.3 is 0 Å². The highest BCUT2D eigenvalue weighted by molar-refractivity contribution is 5.80. The van der Waals surface area contributed by atoms with Gasteiger partial charge in [-0.15, -0.1) is 0 Å². The number of amides is 1. The van der Waals surface area contributed by atoms with Crippen LogP contribution < -0.4 is 5.32 Å². The second-order valence-corrected chi connectivity index (χ2v) is 4.86. The highest BCUT2D eigenvalue weighted by Gasteiger charge is 2.29. The summed E-state index contributed by atoms with van der Waals surface area (Å²) in [6.07, 6.45) is 2.77. The van der Waals surface area contributed by atoms with Crippen LogP contribution in [0.1, 0.15) is 18.5 Å². The van der Waals surface area contributed by atoms with Gasteiger partial charge in [0.15, 0.2) is 5.76 Å². The summed E-state index contributed by atoms with van der Waals surface area (Å²) in [6, 6.07) is 11.8. The lowest BCUT2D eigenvalue weighted by Gasteiger charge is -2.00. The Morgan fingerprint density at radius 2 is 2.11 bits per heavy atom. The number of hydrogen-bond acceptors (Lipinski definition) is 3. The summed E-state index contributed by atoms with van der Waals surface area (Å²) in [6.45, 7) is 0.621. The Morgan fingerprint density at radius 3 is 2.84 bits per heavy atom. The predicted octanol–water partition coefficient (Wildman–Crippen LogP) is 2.41. The smallest absolute Gasteiger partial charge is 0.223 e. The molecule has 1 aromatic carbocycles. The lowest BCUT2D eigenvalue weighted by Crippen LogP contribution is -2.26. The van der Waals surface area contributed by atoms with Gasteiger partial charge in [0.05, 0.1) is 5.69 Å². The Kier molecular flexibility index (Phi) is 3.31. The van der Waals surface area contributed by atoms with E-state index in [4.69, 9.17) is 4.52 Å². The molecule has 0 spiro atoms. The standard InChI is InChI=1S/C15H16N2O2/c18-15(12-6-7-12)16-9-8-13-10-14(19-17-13)11-4-2-1-3-5-11/h1-5,10,12H,6-9H2,(H,16,18). The van der Waals surface area contributed by atoms with Gasteiger partial charge in [-0.2, -0.15) is 0 Å². The zero-order valence-electron chi connectivity index (χ0n) is 10.6. The van der Waals surface area contributed by atoms with Crippen LogP contribution in [-0.4, -0.2) is 17.6 Å². The second-order valence-electron chi connectivity index (χ2n) is 4.86. The fourth-order valence-electron chi connectivity index (χ4n) is 1.97. The van der Waals surface area contributed by atoms with Crippen LogP contribution in [0, 0.1) is 5.92 Å². The van der Waals surface area contributed by atoms with E-state index in [-0.39, 0.29) is 11.8 Å². The molecule has 1 amide bonds. The average molecular weight is 256 g/mol. The minimum atomic E-state index is 0.173. The SMILES string of the molecule is O=C(NCCc1cc(-c2ccccc2)on1)C1CC1. The minimum Gasteiger partial charge on any atom is -0.356 e. The Labute approximate surface area is 111 Å². The fraction of sp³-hybridized carbons (Fsp3) is 0.333. The molecule has 0 atom stereocenters. The molecule has 0 saturated heterocycles. The van der Waals surface area contributed by atoms with Gasteiger partial charge in [0.25, 0.3) is 0 Å². The van der Waals surface area contributed by atoms with Crippen molar-refractivity contribution in [2.24, 2.45) is 5.92 Å². The van der Waals surface area contributed by atoms with Crippen molar-refractivity contribution in [2.45, 2.75) is 19.3 Å². The number of benzene rings is 1. The Hall–Kier alpha value is -2.10. The van der Waals surface area contributed by atoms with E-state index >= 15 is 0 Å². The zero-order valence-corrected chi connectivity index (χ0v) is 10.6. The van der Waals surface area contributed by atoms with Crippen molar-refractivity contribution in [3.05, 3.63) is 42.1 Å². The zero-order chi connectivity index (χ0) is 13.1. The van der Waals surface area contributed by atoms with E-state index in [0.717, 1.165) is 29.9 Å².